The van der Waals surface area contributed by atoms with E-state index in [9.17, 15) is 9.59 Å². The smallest absolute Gasteiger partial charge is 0.304 e. The predicted octanol–water partition coefficient (Wildman–Crippen LogP) is 3.52. The number of benzene rings is 1. The number of urea groups is 1. The maximum absolute atomic E-state index is 13.0. The average molecular weight is 352 g/mol. The van der Waals surface area contributed by atoms with Crippen LogP contribution >= 0.6 is 0 Å². The van der Waals surface area contributed by atoms with Gasteiger partial charge in [0.15, 0.2) is 0 Å². The minimum Gasteiger partial charge on any atom is -0.304 e. The Labute approximate surface area is 153 Å². The summed E-state index contributed by atoms with van der Waals surface area (Å²) in [4.78, 5) is 36.8. The standard InChI is InChI=1S/C20H24N4O2/c1-19(2,3)14-6-8-16(9-7-14)24-17(25)20(4,5)23(18(24)26)12-15-10-11-21-13-22-15/h6-11,13H,12H2,1-5H3. The monoisotopic (exact) mass is 352 g/mol. The lowest BCUT2D eigenvalue weighted by atomic mass is 9.87. The zero-order chi connectivity index (χ0) is 19.1. The molecule has 136 valence electrons. The Morgan fingerprint density at radius 1 is 1.04 bits per heavy atom. The number of imide groups is 1. The van der Waals surface area contributed by atoms with E-state index >= 15 is 0 Å². The Kier molecular flexibility index (Phi) is 4.30. The van der Waals surface area contributed by atoms with Crippen LogP contribution in [-0.2, 0) is 16.8 Å². The minimum absolute atomic E-state index is 0.00980. The second kappa shape index (κ2) is 6.20. The molecular formula is C20H24N4O2. The van der Waals surface area contributed by atoms with Crippen LogP contribution in [0.4, 0.5) is 10.5 Å². The second-order valence-corrected chi connectivity index (χ2v) is 8.07. The third-order valence-electron chi connectivity index (χ3n) is 4.78. The van der Waals surface area contributed by atoms with E-state index in [4.69, 9.17) is 0 Å². The van der Waals surface area contributed by atoms with E-state index in [1.54, 1.807) is 31.0 Å². The first kappa shape index (κ1) is 18.0. The number of aromatic nitrogens is 2. The Bertz CT molecular complexity index is 823. The molecule has 0 radical (unpaired) electrons. The lowest BCUT2D eigenvalue weighted by Gasteiger charge is -2.27. The van der Waals surface area contributed by atoms with Gasteiger partial charge in [-0.1, -0.05) is 32.9 Å². The number of amides is 3. The average Bonchev–Trinajstić information content (AvgIpc) is 2.75. The normalized spacial score (nSPS) is 17.1. The van der Waals surface area contributed by atoms with Crippen LogP contribution in [0.25, 0.3) is 0 Å². The van der Waals surface area contributed by atoms with Crippen molar-refractivity contribution in [2.75, 3.05) is 4.90 Å². The summed E-state index contributed by atoms with van der Waals surface area (Å²) in [6.45, 7) is 10.2. The van der Waals surface area contributed by atoms with Crippen LogP contribution in [0.2, 0.25) is 0 Å². The van der Waals surface area contributed by atoms with Crippen LogP contribution in [0.3, 0.4) is 0 Å². The van der Waals surface area contributed by atoms with Gasteiger partial charge in [-0.25, -0.2) is 19.7 Å². The fourth-order valence-electron chi connectivity index (χ4n) is 3.01. The fourth-order valence-corrected chi connectivity index (χ4v) is 3.01. The summed E-state index contributed by atoms with van der Waals surface area (Å²) < 4.78 is 0. The Morgan fingerprint density at radius 3 is 2.23 bits per heavy atom. The van der Waals surface area contributed by atoms with Crippen molar-refractivity contribution in [3.05, 3.63) is 54.1 Å². The molecule has 0 bridgehead atoms. The number of carbonyl (C=O) groups is 2. The summed E-state index contributed by atoms with van der Waals surface area (Å²) in [5.41, 5.74) is 1.50. The van der Waals surface area contributed by atoms with Crippen LogP contribution in [-0.4, -0.2) is 32.3 Å². The van der Waals surface area contributed by atoms with Gasteiger partial charge in [0.05, 0.1) is 17.9 Å². The number of hydrogen-bond acceptors (Lipinski definition) is 4. The Hall–Kier alpha value is -2.76. The summed E-state index contributed by atoms with van der Waals surface area (Å²) in [6.07, 6.45) is 3.06. The largest absolute Gasteiger partial charge is 0.332 e. The Balaban J connectivity index is 1.91. The van der Waals surface area contributed by atoms with Gasteiger partial charge in [-0.2, -0.15) is 0 Å². The van der Waals surface area contributed by atoms with Crippen LogP contribution < -0.4 is 4.90 Å². The van der Waals surface area contributed by atoms with Crippen molar-refractivity contribution >= 4 is 17.6 Å². The van der Waals surface area contributed by atoms with Crippen molar-refractivity contribution in [3.8, 4) is 0 Å². The van der Waals surface area contributed by atoms with Crippen molar-refractivity contribution in [3.63, 3.8) is 0 Å². The number of anilines is 1. The van der Waals surface area contributed by atoms with E-state index in [2.05, 4.69) is 30.7 Å². The molecule has 0 unspecified atom stereocenters. The van der Waals surface area contributed by atoms with Gasteiger partial charge in [0, 0.05) is 6.20 Å². The molecule has 0 spiro atoms. The highest BCUT2D eigenvalue weighted by Gasteiger charge is 2.51. The van der Waals surface area contributed by atoms with E-state index < -0.39 is 5.54 Å². The quantitative estimate of drug-likeness (QED) is 0.793. The predicted molar refractivity (Wildman–Crippen MR) is 99.7 cm³/mol. The molecular weight excluding hydrogens is 328 g/mol. The molecule has 1 aliphatic heterocycles. The summed E-state index contributed by atoms with van der Waals surface area (Å²) in [5.74, 6) is -0.236. The van der Waals surface area contributed by atoms with Crippen molar-refractivity contribution in [2.45, 2.75) is 52.1 Å². The highest BCUT2D eigenvalue weighted by molar-refractivity contribution is 6.22. The van der Waals surface area contributed by atoms with E-state index in [-0.39, 0.29) is 23.9 Å². The van der Waals surface area contributed by atoms with Crippen molar-refractivity contribution < 1.29 is 9.59 Å². The van der Waals surface area contributed by atoms with Crippen LogP contribution in [0.1, 0.15) is 45.9 Å². The highest BCUT2D eigenvalue weighted by Crippen LogP contribution is 2.34. The molecule has 2 aromatic rings. The van der Waals surface area contributed by atoms with E-state index in [1.807, 2.05) is 24.3 Å². The lowest BCUT2D eigenvalue weighted by Crippen LogP contribution is -2.43. The van der Waals surface area contributed by atoms with E-state index in [1.165, 1.54) is 11.2 Å². The molecule has 6 nitrogen and oxygen atoms in total. The topological polar surface area (TPSA) is 66.4 Å². The van der Waals surface area contributed by atoms with Crippen LogP contribution in [0.5, 0.6) is 0 Å². The van der Waals surface area contributed by atoms with Gasteiger partial charge >= 0.3 is 6.03 Å². The third-order valence-corrected chi connectivity index (χ3v) is 4.78. The summed E-state index contributed by atoms with van der Waals surface area (Å²) in [7, 11) is 0. The van der Waals surface area contributed by atoms with Gasteiger partial charge in [0.25, 0.3) is 5.91 Å². The number of rotatable bonds is 3. The van der Waals surface area contributed by atoms with Gasteiger partial charge in [-0.05, 0) is 43.0 Å². The molecule has 1 aliphatic rings. The number of carbonyl (C=O) groups excluding carboxylic acids is 2. The van der Waals surface area contributed by atoms with Crippen molar-refractivity contribution in [1.82, 2.24) is 14.9 Å². The molecule has 0 atom stereocenters. The molecule has 1 saturated heterocycles. The van der Waals surface area contributed by atoms with Gasteiger partial charge in [-0.15, -0.1) is 0 Å². The first-order valence-corrected chi connectivity index (χ1v) is 8.64. The fraction of sp³-hybridized carbons (Fsp3) is 0.400. The van der Waals surface area contributed by atoms with E-state index in [0.717, 1.165) is 5.56 Å². The van der Waals surface area contributed by atoms with Crippen molar-refractivity contribution in [2.24, 2.45) is 0 Å². The zero-order valence-electron chi connectivity index (χ0n) is 15.9. The third kappa shape index (κ3) is 3.07. The Morgan fingerprint density at radius 2 is 1.69 bits per heavy atom. The molecule has 26 heavy (non-hydrogen) atoms. The zero-order valence-corrected chi connectivity index (χ0v) is 15.9. The lowest BCUT2D eigenvalue weighted by molar-refractivity contribution is -0.123. The molecule has 1 fully saturated rings. The number of hydrogen-bond donors (Lipinski definition) is 0. The summed E-state index contributed by atoms with van der Waals surface area (Å²) in [6, 6.07) is 9.02. The number of nitrogens with zero attached hydrogens (tertiary/aromatic N) is 4. The first-order valence-electron chi connectivity index (χ1n) is 8.64. The molecule has 3 amide bonds. The molecule has 1 aromatic heterocycles. The van der Waals surface area contributed by atoms with Crippen LogP contribution in [0, 0.1) is 0 Å². The molecule has 0 saturated carbocycles. The van der Waals surface area contributed by atoms with Gasteiger partial charge in [-0.3, -0.25) is 4.79 Å². The molecule has 0 N–H and O–H groups in total. The minimum atomic E-state index is -0.940. The molecule has 6 heteroatoms. The maximum Gasteiger partial charge on any atom is 0.332 e. The maximum atomic E-state index is 13.0. The van der Waals surface area contributed by atoms with Gasteiger partial charge < -0.3 is 4.90 Å². The SMILES string of the molecule is CC(C)(C)c1ccc(N2C(=O)N(Cc3ccncn3)C(C)(C)C2=O)cc1. The van der Waals surface area contributed by atoms with Gasteiger partial charge in [0.1, 0.15) is 11.9 Å². The second-order valence-electron chi connectivity index (χ2n) is 8.07. The highest BCUT2D eigenvalue weighted by atomic mass is 16.2. The molecule has 1 aromatic carbocycles. The van der Waals surface area contributed by atoms with Crippen molar-refractivity contribution in [1.29, 1.82) is 0 Å². The molecule has 0 aliphatic carbocycles. The first-order chi connectivity index (χ1) is 12.1. The summed E-state index contributed by atoms with van der Waals surface area (Å²) in [5, 5.41) is 0. The molecule has 2 heterocycles. The van der Waals surface area contributed by atoms with E-state index in [0.29, 0.717) is 11.4 Å². The van der Waals surface area contributed by atoms with Crippen LogP contribution in [0.15, 0.2) is 42.9 Å². The van der Waals surface area contributed by atoms with Gasteiger partial charge in [0.2, 0.25) is 0 Å². The summed E-state index contributed by atoms with van der Waals surface area (Å²) >= 11 is 0. The molecule has 3 rings (SSSR count).